The van der Waals surface area contributed by atoms with Crippen molar-refractivity contribution in [3.63, 3.8) is 0 Å². The Morgan fingerprint density at radius 1 is 0.969 bits per heavy atom. The van der Waals surface area contributed by atoms with E-state index in [0.717, 1.165) is 54.9 Å². The molecule has 1 saturated heterocycles. The SMILES string of the molecule is COc1ccc(Cl)cc1SNc1ccc(CN2CCN(c3ccccc3OC)CC2)cn1. The number of nitrogens with one attached hydrogen (secondary N) is 1. The lowest BCUT2D eigenvalue weighted by Crippen LogP contribution is -2.46. The summed E-state index contributed by atoms with van der Waals surface area (Å²) in [6, 6.07) is 17.9. The van der Waals surface area contributed by atoms with E-state index in [1.54, 1.807) is 14.2 Å². The van der Waals surface area contributed by atoms with Crippen molar-refractivity contribution in [1.82, 2.24) is 9.88 Å². The smallest absolute Gasteiger partial charge is 0.142 e. The summed E-state index contributed by atoms with van der Waals surface area (Å²) in [5, 5.41) is 0.671. The molecule has 3 aromatic rings. The minimum Gasteiger partial charge on any atom is -0.496 e. The Morgan fingerprint density at radius 3 is 2.47 bits per heavy atom. The van der Waals surface area contributed by atoms with Gasteiger partial charge in [0.1, 0.15) is 17.3 Å². The zero-order chi connectivity index (χ0) is 22.3. The van der Waals surface area contributed by atoms with Crippen molar-refractivity contribution < 1.29 is 9.47 Å². The number of benzene rings is 2. The first kappa shape index (κ1) is 22.6. The van der Waals surface area contributed by atoms with Gasteiger partial charge in [0.25, 0.3) is 0 Å². The molecule has 0 unspecified atom stereocenters. The van der Waals surface area contributed by atoms with Gasteiger partial charge in [0.05, 0.1) is 24.8 Å². The second-order valence-electron chi connectivity index (χ2n) is 7.49. The van der Waals surface area contributed by atoms with Gasteiger partial charge in [-0.3, -0.25) is 4.90 Å². The number of pyridine rings is 1. The van der Waals surface area contributed by atoms with E-state index in [1.165, 1.54) is 23.2 Å². The van der Waals surface area contributed by atoms with E-state index in [9.17, 15) is 0 Å². The molecule has 32 heavy (non-hydrogen) atoms. The van der Waals surface area contributed by atoms with Crippen molar-refractivity contribution in [1.29, 1.82) is 0 Å². The van der Waals surface area contributed by atoms with Crippen LogP contribution in [0.5, 0.6) is 11.5 Å². The molecule has 1 aliphatic rings. The molecule has 1 fully saturated rings. The first-order valence-electron chi connectivity index (χ1n) is 10.5. The number of aromatic nitrogens is 1. The molecule has 2 aromatic carbocycles. The lowest BCUT2D eigenvalue weighted by Gasteiger charge is -2.36. The van der Waals surface area contributed by atoms with Gasteiger partial charge in [-0.25, -0.2) is 4.98 Å². The topological polar surface area (TPSA) is 49.9 Å². The van der Waals surface area contributed by atoms with Gasteiger partial charge in [0.2, 0.25) is 0 Å². The maximum atomic E-state index is 6.10. The normalized spacial score (nSPS) is 14.3. The van der Waals surface area contributed by atoms with Crippen molar-refractivity contribution in [3.8, 4) is 11.5 Å². The average Bonchev–Trinajstić information content (AvgIpc) is 2.84. The van der Waals surface area contributed by atoms with E-state index in [2.05, 4.69) is 37.7 Å². The summed E-state index contributed by atoms with van der Waals surface area (Å²) in [5.41, 5.74) is 2.37. The number of para-hydroxylation sites is 2. The molecule has 0 saturated carbocycles. The minimum atomic E-state index is 0.671. The fourth-order valence-electron chi connectivity index (χ4n) is 3.71. The Balaban J connectivity index is 1.29. The van der Waals surface area contributed by atoms with Crippen LogP contribution in [0.3, 0.4) is 0 Å². The van der Waals surface area contributed by atoms with Gasteiger partial charge in [-0.15, -0.1) is 0 Å². The third kappa shape index (κ3) is 5.59. The Bertz CT molecular complexity index is 1030. The van der Waals surface area contributed by atoms with Crippen LogP contribution < -0.4 is 19.1 Å². The lowest BCUT2D eigenvalue weighted by molar-refractivity contribution is 0.249. The molecular weight excluding hydrogens is 444 g/mol. The van der Waals surface area contributed by atoms with E-state index < -0.39 is 0 Å². The van der Waals surface area contributed by atoms with Crippen molar-refractivity contribution in [2.24, 2.45) is 0 Å². The summed E-state index contributed by atoms with van der Waals surface area (Å²) < 4.78 is 14.2. The number of ether oxygens (including phenoxy) is 2. The first-order valence-corrected chi connectivity index (χ1v) is 11.7. The maximum absolute atomic E-state index is 6.10. The van der Waals surface area contributed by atoms with E-state index in [1.807, 2.05) is 42.6 Å². The van der Waals surface area contributed by atoms with Crippen molar-refractivity contribution in [2.45, 2.75) is 11.4 Å². The summed E-state index contributed by atoms with van der Waals surface area (Å²) in [6.45, 7) is 4.85. The molecule has 2 heterocycles. The molecule has 4 rings (SSSR count). The highest BCUT2D eigenvalue weighted by Gasteiger charge is 2.19. The fourth-order valence-corrected chi connectivity index (χ4v) is 4.72. The predicted molar refractivity (Wildman–Crippen MR) is 132 cm³/mol. The maximum Gasteiger partial charge on any atom is 0.142 e. The Labute approximate surface area is 198 Å². The minimum absolute atomic E-state index is 0.671. The number of nitrogens with zero attached hydrogens (tertiary/aromatic N) is 3. The molecule has 0 spiro atoms. The Morgan fingerprint density at radius 2 is 1.75 bits per heavy atom. The van der Waals surface area contributed by atoms with Crippen LogP contribution in [-0.4, -0.2) is 50.3 Å². The first-order chi connectivity index (χ1) is 15.7. The number of halogens is 1. The predicted octanol–water partition coefficient (Wildman–Crippen LogP) is 5.19. The van der Waals surface area contributed by atoms with Gasteiger partial charge >= 0.3 is 0 Å². The molecule has 0 amide bonds. The number of hydrogen-bond donors (Lipinski definition) is 1. The van der Waals surface area contributed by atoms with Crippen LogP contribution in [0.2, 0.25) is 5.02 Å². The second kappa shape index (κ2) is 10.8. The standard InChI is InChI=1S/C24H27ClN4O2S/c1-30-21-6-4-3-5-20(21)29-13-11-28(12-14-29)17-18-7-10-24(26-16-18)27-32-23-15-19(25)8-9-22(23)31-2/h3-10,15-16H,11-14,17H2,1-2H3,(H,26,27). The zero-order valence-electron chi connectivity index (χ0n) is 18.3. The van der Waals surface area contributed by atoms with Gasteiger partial charge in [-0.1, -0.05) is 29.8 Å². The third-order valence-corrected chi connectivity index (χ3v) is 6.51. The number of anilines is 2. The van der Waals surface area contributed by atoms with Crippen LogP contribution in [0.25, 0.3) is 0 Å². The van der Waals surface area contributed by atoms with Crippen molar-refractivity contribution in [2.75, 3.05) is 50.0 Å². The van der Waals surface area contributed by atoms with Gasteiger partial charge < -0.3 is 19.1 Å². The number of hydrogen-bond acceptors (Lipinski definition) is 7. The Hall–Kier alpha value is -2.61. The molecule has 1 N–H and O–H groups in total. The van der Waals surface area contributed by atoms with E-state index in [-0.39, 0.29) is 0 Å². The highest BCUT2D eigenvalue weighted by Crippen LogP contribution is 2.32. The molecule has 0 atom stereocenters. The van der Waals surface area contributed by atoms with Crippen LogP contribution in [0.4, 0.5) is 11.5 Å². The van der Waals surface area contributed by atoms with E-state index >= 15 is 0 Å². The molecule has 6 nitrogen and oxygen atoms in total. The van der Waals surface area contributed by atoms with Crippen molar-refractivity contribution in [3.05, 3.63) is 71.4 Å². The monoisotopic (exact) mass is 470 g/mol. The summed E-state index contributed by atoms with van der Waals surface area (Å²) in [5.74, 6) is 2.50. The molecule has 168 valence electrons. The van der Waals surface area contributed by atoms with Crippen LogP contribution >= 0.6 is 23.5 Å². The highest BCUT2D eigenvalue weighted by atomic mass is 35.5. The van der Waals surface area contributed by atoms with Gasteiger partial charge in [0.15, 0.2) is 0 Å². The van der Waals surface area contributed by atoms with E-state index in [0.29, 0.717) is 5.02 Å². The quantitative estimate of drug-likeness (QED) is 0.454. The largest absolute Gasteiger partial charge is 0.496 e. The van der Waals surface area contributed by atoms with Gasteiger partial charge in [-0.05, 0) is 53.9 Å². The van der Waals surface area contributed by atoms with Crippen LogP contribution in [0.15, 0.2) is 65.7 Å². The molecule has 0 aliphatic carbocycles. The lowest BCUT2D eigenvalue weighted by atomic mass is 10.2. The molecular formula is C24H27ClN4O2S. The summed E-state index contributed by atoms with van der Waals surface area (Å²) in [4.78, 5) is 10.3. The van der Waals surface area contributed by atoms with Crippen molar-refractivity contribution >= 4 is 35.1 Å². The fraction of sp³-hybridized carbons (Fsp3) is 0.292. The summed E-state index contributed by atoms with van der Waals surface area (Å²) in [7, 11) is 3.38. The van der Waals surface area contributed by atoms with Crippen LogP contribution in [0, 0.1) is 0 Å². The Kier molecular flexibility index (Phi) is 7.63. The molecule has 8 heteroatoms. The highest BCUT2D eigenvalue weighted by molar-refractivity contribution is 8.00. The molecule has 0 bridgehead atoms. The second-order valence-corrected chi connectivity index (χ2v) is 8.77. The van der Waals surface area contributed by atoms with Gasteiger partial charge in [0, 0.05) is 43.9 Å². The summed E-state index contributed by atoms with van der Waals surface area (Å²) >= 11 is 7.54. The zero-order valence-corrected chi connectivity index (χ0v) is 19.8. The average molecular weight is 471 g/mol. The van der Waals surface area contributed by atoms with Gasteiger partial charge in [-0.2, -0.15) is 0 Å². The molecule has 1 aromatic heterocycles. The third-order valence-electron chi connectivity index (χ3n) is 5.42. The number of methoxy groups -OCH3 is 2. The van der Waals surface area contributed by atoms with Crippen LogP contribution in [0.1, 0.15) is 5.56 Å². The molecule has 0 radical (unpaired) electrons. The van der Waals surface area contributed by atoms with E-state index in [4.69, 9.17) is 21.1 Å². The number of piperazine rings is 1. The summed E-state index contributed by atoms with van der Waals surface area (Å²) in [6.07, 6.45) is 1.94. The molecule has 1 aliphatic heterocycles. The number of rotatable bonds is 8. The van der Waals surface area contributed by atoms with Crippen LogP contribution in [-0.2, 0) is 6.54 Å².